The van der Waals surface area contributed by atoms with Crippen molar-refractivity contribution in [2.75, 3.05) is 24.3 Å². The molecule has 0 aliphatic heterocycles. The van der Waals surface area contributed by atoms with Crippen LogP contribution in [0, 0.1) is 6.92 Å². The summed E-state index contributed by atoms with van der Waals surface area (Å²) in [5, 5.41) is 9.17. The molecule has 1 heterocycles. The van der Waals surface area contributed by atoms with Crippen LogP contribution in [-0.4, -0.2) is 30.7 Å². The third-order valence-corrected chi connectivity index (χ3v) is 2.66. The largest absolute Gasteiger partial charge is 0.465 e. The smallest absolute Gasteiger partial charge is 0.339 e. The van der Waals surface area contributed by atoms with E-state index in [2.05, 4.69) is 20.5 Å². The van der Waals surface area contributed by atoms with Gasteiger partial charge >= 0.3 is 5.97 Å². The molecular formula is C14H15N3O4. The normalized spacial score (nSPS) is 10.0. The molecule has 0 spiro atoms. The van der Waals surface area contributed by atoms with E-state index in [4.69, 9.17) is 4.52 Å². The fourth-order valence-corrected chi connectivity index (χ4v) is 1.70. The quantitative estimate of drug-likeness (QED) is 0.815. The number of esters is 1. The molecular weight excluding hydrogens is 274 g/mol. The summed E-state index contributed by atoms with van der Waals surface area (Å²) in [5.41, 5.74) is 0.693. The summed E-state index contributed by atoms with van der Waals surface area (Å²) in [4.78, 5) is 23.5. The fourth-order valence-electron chi connectivity index (χ4n) is 1.70. The van der Waals surface area contributed by atoms with Crippen molar-refractivity contribution in [1.82, 2.24) is 5.16 Å². The zero-order valence-corrected chi connectivity index (χ0v) is 11.7. The lowest BCUT2D eigenvalue weighted by Crippen LogP contribution is -2.23. The number of nitrogens with zero attached hydrogens (tertiary/aromatic N) is 1. The number of anilines is 2. The van der Waals surface area contributed by atoms with Crippen molar-refractivity contribution in [2.24, 2.45) is 0 Å². The van der Waals surface area contributed by atoms with E-state index >= 15 is 0 Å². The van der Waals surface area contributed by atoms with E-state index in [1.54, 1.807) is 37.3 Å². The Bertz CT molecular complexity index is 651. The molecule has 1 amide bonds. The predicted octanol–water partition coefficient (Wildman–Crippen LogP) is 1.82. The molecule has 110 valence electrons. The van der Waals surface area contributed by atoms with Crippen LogP contribution in [0.15, 0.2) is 34.9 Å². The molecule has 1 aromatic carbocycles. The van der Waals surface area contributed by atoms with Crippen LogP contribution in [0.3, 0.4) is 0 Å². The lowest BCUT2D eigenvalue weighted by molar-refractivity contribution is -0.114. The summed E-state index contributed by atoms with van der Waals surface area (Å²) < 4.78 is 9.54. The van der Waals surface area contributed by atoms with Gasteiger partial charge in [-0.1, -0.05) is 17.3 Å². The summed E-state index contributed by atoms with van der Waals surface area (Å²) in [6, 6.07) is 8.30. The molecule has 0 aliphatic carbocycles. The number of aryl methyl sites for hydroxylation is 1. The van der Waals surface area contributed by atoms with E-state index in [1.807, 2.05) is 0 Å². The standard InChI is InChI=1S/C14H15N3O4/c1-9-7-12(17-21-9)15-8-13(18)16-11-6-4-3-5-10(11)14(19)20-2/h3-7H,8H2,1-2H3,(H,15,17)(H,16,18). The number of para-hydroxylation sites is 1. The molecule has 7 nitrogen and oxygen atoms in total. The number of aromatic nitrogens is 1. The molecule has 0 saturated carbocycles. The van der Waals surface area contributed by atoms with Gasteiger partial charge in [0, 0.05) is 6.07 Å². The van der Waals surface area contributed by atoms with Gasteiger partial charge in [-0.3, -0.25) is 4.79 Å². The zero-order valence-electron chi connectivity index (χ0n) is 11.7. The third kappa shape index (κ3) is 3.82. The molecule has 0 aliphatic rings. The molecule has 21 heavy (non-hydrogen) atoms. The Kier molecular flexibility index (Phi) is 4.55. The van der Waals surface area contributed by atoms with Gasteiger partial charge in [0.1, 0.15) is 5.76 Å². The van der Waals surface area contributed by atoms with Gasteiger partial charge in [0.15, 0.2) is 5.82 Å². The molecule has 0 radical (unpaired) electrons. The van der Waals surface area contributed by atoms with Crippen molar-refractivity contribution in [1.29, 1.82) is 0 Å². The summed E-state index contributed by atoms with van der Waals surface area (Å²) in [6.07, 6.45) is 0. The van der Waals surface area contributed by atoms with Gasteiger partial charge < -0.3 is 19.9 Å². The van der Waals surface area contributed by atoms with Crippen LogP contribution in [0.25, 0.3) is 0 Å². The Morgan fingerprint density at radius 2 is 2.10 bits per heavy atom. The molecule has 0 fully saturated rings. The number of methoxy groups -OCH3 is 1. The van der Waals surface area contributed by atoms with Crippen molar-refractivity contribution in [3.8, 4) is 0 Å². The van der Waals surface area contributed by atoms with Gasteiger partial charge in [-0.2, -0.15) is 0 Å². The highest BCUT2D eigenvalue weighted by Gasteiger charge is 2.13. The molecule has 0 saturated heterocycles. The second-order valence-electron chi connectivity index (χ2n) is 4.26. The maximum absolute atomic E-state index is 11.9. The van der Waals surface area contributed by atoms with E-state index in [9.17, 15) is 9.59 Å². The number of carbonyl (C=O) groups is 2. The molecule has 2 N–H and O–H groups in total. The lowest BCUT2D eigenvalue weighted by atomic mass is 10.2. The number of benzene rings is 1. The van der Waals surface area contributed by atoms with Gasteiger partial charge in [-0.25, -0.2) is 4.79 Å². The first kappa shape index (κ1) is 14.6. The monoisotopic (exact) mass is 289 g/mol. The Hall–Kier alpha value is -2.83. The maximum atomic E-state index is 11.9. The van der Waals surface area contributed by atoms with Crippen LogP contribution in [0.2, 0.25) is 0 Å². The van der Waals surface area contributed by atoms with Crippen molar-refractivity contribution >= 4 is 23.4 Å². The van der Waals surface area contributed by atoms with Crippen LogP contribution < -0.4 is 10.6 Å². The molecule has 7 heteroatoms. The number of hydrogen-bond acceptors (Lipinski definition) is 6. The van der Waals surface area contributed by atoms with Crippen molar-refractivity contribution in [3.63, 3.8) is 0 Å². The average molecular weight is 289 g/mol. The Labute approximate surface area is 121 Å². The highest BCUT2D eigenvalue weighted by atomic mass is 16.5. The molecule has 0 bridgehead atoms. The van der Waals surface area contributed by atoms with Crippen molar-refractivity contribution in [3.05, 3.63) is 41.7 Å². The topological polar surface area (TPSA) is 93.5 Å². The van der Waals surface area contributed by atoms with E-state index in [0.29, 0.717) is 22.8 Å². The van der Waals surface area contributed by atoms with E-state index < -0.39 is 5.97 Å². The average Bonchev–Trinajstić information content (AvgIpc) is 2.90. The van der Waals surface area contributed by atoms with Gasteiger partial charge in [0.25, 0.3) is 0 Å². The second kappa shape index (κ2) is 6.56. The van der Waals surface area contributed by atoms with E-state index in [-0.39, 0.29) is 12.5 Å². The van der Waals surface area contributed by atoms with E-state index in [0.717, 1.165) is 0 Å². The second-order valence-corrected chi connectivity index (χ2v) is 4.26. The van der Waals surface area contributed by atoms with Crippen LogP contribution in [-0.2, 0) is 9.53 Å². The van der Waals surface area contributed by atoms with E-state index in [1.165, 1.54) is 7.11 Å². The number of ether oxygens (including phenoxy) is 1. The predicted molar refractivity (Wildman–Crippen MR) is 76.1 cm³/mol. The number of rotatable bonds is 5. The summed E-state index contributed by atoms with van der Waals surface area (Å²) in [5.74, 6) is 0.302. The summed E-state index contributed by atoms with van der Waals surface area (Å²) in [6.45, 7) is 1.76. The van der Waals surface area contributed by atoms with Crippen LogP contribution in [0.4, 0.5) is 11.5 Å². The van der Waals surface area contributed by atoms with Gasteiger partial charge in [0.2, 0.25) is 5.91 Å². The van der Waals surface area contributed by atoms with Gasteiger partial charge in [-0.15, -0.1) is 0 Å². The van der Waals surface area contributed by atoms with Gasteiger partial charge in [-0.05, 0) is 19.1 Å². The number of hydrogen-bond donors (Lipinski definition) is 2. The van der Waals surface area contributed by atoms with Crippen LogP contribution >= 0.6 is 0 Å². The Morgan fingerprint density at radius 1 is 1.33 bits per heavy atom. The first-order valence-corrected chi connectivity index (χ1v) is 6.24. The maximum Gasteiger partial charge on any atom is 0.339 e. The molecule has 0 atom stereocenters. The Morgan fingerprint density at radius 3 is 2.76 bits per heavy atom. The molecule has 2 aromatic rings. The van der Waals surface area contributed by atoms with Crippen molar-refractivity contribution in [2.45, 2.75) is 6.92 Å². The number of nitrogens with one attached hydrogen (secondary N) is 2. The Balaban J connectivity index is 1.98. The van der Waals surface area contributed by atoms with Gasteiger partial charge in [0.05, 0.1) is 24.9 Å². The minimum Gasteiger partial charge on any atom is -0.465 e. The van der Waals surface area contributed by atoms with Crippen LogP contribution in [0.1, 0.15) is 16.1 Å². The van der Waals surface area contributed by atoms with Crippen LogP contribution in [0.5, 0.6) is 0 Å². The molecule has 1 aromatic heterocycles. The zero-order chi connectivity index (χ0) is 15.2. The molecule has 0 unspecified atom stereocenters. The first-order chi connectivity index (χ1) is 10.1. The number of amides is 1. The lowest BCUT2D eigenvalue weighted by Gasteiger charge is -2.09. The SMILES string of the molecule is COC(=O)c1ccccc1NC(=O)CNc1cc(C)on1. The minimum absolute atomic E-state index is 0.00147. The van der Waals surface area contributed by atoms with Crippen molar-refractivity contribution < 1.29 is 18.8 Å². The summed E-state index contributed by atoms with van der Waals surface area (Å²) >= 11 is 0. The number of carbonyl (C=O) groups excluding carboxylic acids is 2. The minimum atomic E-state index is -0.508. The highest BCUT2D eigenvalue weighted by Crippen LogP contribution is 2.16. The summed E-state index contributed by atoms with van der Waals surface area (Å²) in [7, 11) is 1.29. The first-order valence-electron chi connectivity index (χ1n) is 6.24. The fraction of sp³-hybridized carbons (Fsp3) is 0.214. The molecule has 2 rings (SSSR count). The third-order valence-electron chi connectivity index (χ3n) is 2.66. The highest BCUT2D eigenvalue weighted by molar-refractivity contribution is 6.02.